The average Bonchev–Trinajstić information content (AvgIpc) is 3.10. The number of hydrogen-bond donors (Lipinski definition) is 1. The van der Waals surface area contributed by atoms with E-state index < -0.39 is 0 Å². The van der Waals surface area contributed by atoms with Crippen LogP contribution in [0.5, 0.6) is 0 Å². The predicted molar refractivity (Wildman–Crippen MR) is 101 cm³/mol. The first-order chi connectivity index (χ1) is 12.5. The van der Waals surface area contributed by atoms with Crippen LogP contribution in [-0.2, 0) is 16.0 Å². The molecular weight excluding hydrogens is 328 g/mol. The van der Waals surface area contributed by atoms with Crippen molar-refractivity contribution in [2.75, 3.05) is 13.6 Å². The number of amides is 2. The molecule has 2 amide bonds. The molecule has 134 valence electrons. The van der Waals surface area contributed by atoms with Crippen LogP contribution in [-0.4, -0.2) is 30.3 Å². The molecule has 1 heterocycles. The first-order valence-corrected chi connectivity index (χ1v) is 8.59. The van der Waals surface area contributed by atoms with Gasteiger partial charge in [-0.25, -0.2) is 0 Å². The smallest absolute Gasteiger partial charge is 0.242 e. The van der Waals surface area contributed by atoms with Crippen molar-refractivity contribution in [3.63, 3.8) is 0 Å². The van der Waals surface area contributed by atoms with Crippen LogP contribution in [0.15, 0.2) is 65.1 Å². The highest BCUT2D eigenvalue weighted by atomic mass is 16.3. The molecule has 0 saturated carbocycles. The number of para-hydroxylation sites is 1. The zero-order valence-electron chi connectivity index (χ0n) is 14.9. The fraction of sp³-hybridized carbons (Fsp3) is 0.238. The summed E-state index contributed by atoms with van der Waals surface area (Å²) in [5, 5.41) is 3.69. The lowest BCUT2D eigenvalue weighted by Crippen LogP contribution is -2.39. The maximum absolute atomic E-state index is 12.4. The Morgan fingerprint density at radius 2 is 1.77 bits per heavy atom. The number of hydrogen-bond acceptors (Lipinski definition) is 3. The molecule has 3 rings (SSSR count). The van der Waals surface area contributed by atoms with Crippen molar-refractivity contribution in [1.82, 2.24) is 10.2 Å². The van der Waals surface area contributed by atoms with Gasteiger partial charge in [0, 0.05) is 12.4 Å². The summed E-state index contributed by atoms with van der Waals surface area (Å²) in [5.41, 5.74) is 1.72. The highest BCUT2D eigenvalue weighted by molar-refractivity contribution is 5.86. The number of carbonyl (C=O) groups excluding carboxylic acids is 2. The van der Waals surface area contributed by atoms with Crippen molar-refractivity contribution in [2.24, 2.45) is 0 Å². The Kier molecular flexibility index (Phi) is 5.37. The SMILES string of the molecule is CC(c1cc2ccccc2o1)N(C)C(=O)CNC(=O)Cc1ccccc1. The van der Waals surface area contributed by atoms with Crippen LogP contribution < -0.4 is 5.32 Å². The van der Waals surface area contributed by atoms with Crippen molar-refractivity contribution in [2.45, 2.75) is 19.4 Å². The Morgan fingerprint density at radius 1 is 1.08 bits per heavy atom. The molecule has 1 unspecified atom stereocenters. The number of nitrogens with one attached hydrogen (secondary N) is 1. The lowest BCUT2D eigenvalue weighted by molar-refractivity contribution is -0.133. The van der Waals surface area contributed by atoms with E-state index in [1.165, 1.54) is 0 Å². The largest absolute Gasteiger partial charge is 0.459 e. The third kappa shape index (κ3) is 4.11. The van der Waals surface area contributed by atoms with E-state index in [2.05, 4.69) is 5.32 Å². The summed E-state index contributed by atoms with van der Waals surface area (Å²) in [4.78, 5) is 26.0. The Morgan fingerprint density at radius 3 is 2.50 bits per heavy atom. The van der Waals surface area contributed by atoms with Crippen LogP contribution in [0.1, 0.15) is 24.3 Å². The molecule has 1 atom stereocenters. The van der Waals surface area contributed by atoms with Gasteiger partial charge in [0.15, 0.2) is 0 Å². The molecule has 5 nitrogen and oxygen atoms in total. The van der Waals surface area contributed by atoms with Gasteiger partial charge in [0.2, 0.25) is 11.8 Å². The molecule has 0 fully saturated rings. The zero-order chi connectivity index (χ0) is 18.5. The first-order valence-electron chi connectivity index (χ1n) is 8.59. The maximum Gasteiger partial charge on any atom is 0.242 e. The monoisotopic (exact) mass is 350 g/mol. The normalized spacial score (nSPS) is 11.9. The topological polar surface area (TPSA) is 62.6 Å². The van der Waals surface area contributed by atoms with Gasteiger partial charge in [0.1, 0.15) is 11.3 Å². The summed E-state index contributed by atoms with van der Waals surface area (Å²) in [6, 6.07) is 18.9. The van der Waals surface area contributed by atoms with Crippen LogP contribution in [0.3, 0.4) is 0 Å². The second-order valence-electron chi connectivity index (χ2n) is 6.31. The molecule has 26 heavy (non-hydrogen) atoms. The molecule has 0 aliphatic heterocycles. The van der Waals surface area contributed by atoms with Gasteiger partial charge < -0.3 is 14.6 Å². The minimum Gasteiger partial charge on any atom is -0.459 e. The number of fused-ring (bicyclic) bond motifs is 1. The molecule has 0 aliphatic carbocycles. The van der Waals surface area contributed by atoms with Crippen LogP contribution in [0.25, 0.3) is 11.0 Å². The lowest BCUT2D eigenvalue weighted by atomic mass is 10.1. The highest BCUT2D eigenvalue weighted by Crippen LogP contribution is 2.26. The van der Waals surface area contributed by atoms with Crippen LogP contribution in [0, 0.1) is 0 Å². The van der Waals surface area contributed by atoms with Gasteiger partial charge in [-0.05, 0) is 24.6 Å². The molecule has 0 saturated heterocycles. The molecule has 0 spiro atoms. The molecule has 1 N–H and O–H groups in total. The predicted octanol–water partition coefficient (Wildman–Crippen LogP) is 3.31. The van der Waals surface area contributed by atoms with Crippen molar-refractivity contribution >= 4 is 22.8 Å². The number of nitrogens with zero attached hydrogens (tertiary/aromatic N) is 1. The van der Waals surface area contributed by atoms with E-state index in [1.54, 1.807) is 11.9 Å². The van der Waals surface area contributed by atoms with Crippen LogP contribution in [0.4, 0.5) is 0 Å². The second kappa shape index (κ2) is 7.87. The van der Waals surface area contributed by atoms with E-state index in [0.29, 0.717) is 0 Å². The molecular formula is C21H22N2O3. The van der Waals surface area contributed by atoms with E-state index in [9.17, 15) is 9.59 Å². The molecule has 0 radical (unpaired) electrons. The Balaban J connectivity index is 1.56. The fourth-order valence-electron chi connectivity index (χ4n) is 2.76. The first kappa shape index (κ1) is 17.7. The highest BCUT2D eigenvalue weighted by Gasteiger charge is 2.21. The van der Waals surface area contributed by atoms with Crippen molar-refractivity contribution in [1.29, 1.82) is 0 Å². The number of benzene rings is 2. The molecule has 5 heteroatoms. The molecule has 0 aliphatic rings. The standard InChI is InChI=1S/C21H22N2O3/c1-15(19-13-17-10-6-7-11-18(17)26-19)23(2)21(25)14-22-20(24)12-16-8-4-3-5-9-16/h3-11,13,15H,12,14H2,1-2H3,(H,22,24). The van der Waals surface area contributed by atoms with Gasteiger partial charge in [-0.15, -0.1) is 0 Å². The summed E-state index contributed by atoms with van der Waals surface area (Å²) in [6.45, 7) is 1.87. The third-order valence-electron chi connectivity index (χ3n) is 4.47. The van der Waals surface area contributed by atoms with E-state index in [0.717, 1.165) is 22.3 Å². The quantitative estimate of drug-likeness (QED) is 0.742. The summed E-state index contributed by atoms with van der Waals surface area (Å²) in [6.07, 6.45) is 0.261. The number of rotatable bonds is 6. The average molecular weight is 350 g/mol. The maximum atomic E-state index is 12.4. The fourth-order valence-corrected chi connectivity index (χ4v) is 2.76. The molecule has 2 aromatic carbocycles. The zero-order valence-corrected chi connectivity index (χ0v) is 14.9. The summed E-state index contributed by atoms with van der Waals surface area (Å²) in [7, 11) is 1.71. The Labute approximate surface area is 152 Å². The Hall–Kier alpha value is -3.08. The molecule has 1 aromatic heterocycles. The number of likely N-dealkylation sites (N-methyl/N-ethyl adjacent to an activating group) is 1. The summed E-state index contributed by atoms with van der Waals surface area (Å²) < 4.78 is 5.82. The van der Waals surface area contributed by atoms with Crippen molar-refractivity contribution < 1.29 is 14.0 Å². The summed E-state index contributed by atoms with van der Waals surface area (Å²) >= 11 is 0. The van der Waals surface area contributed by atoms with E-state index in [-0.39, 0.29) is 30.8 Å². The lowest BCUT2D eigenvalue weighted by Gasteiger charge is -2.23. The van der Waals surface area contributed by atoms with Gasteiger partial charge >= 0.3 is 0 Å². The van der Waals surface area contributed by atoms with E-state index in [4.69, 9.17) is 4.42 Å². The van der Waals surface area contributed by atoms with Gasteiger partial charge in [-0.1, -0.05) is 48.5 Å². The van der Waals surface area contributed by atoms with Gasteiger partial charge in [-0.2, -0.15) is 0 Å². The number of carbonyl (C=O) groups is 2. The molecule has 0 bridgehead atoms. The van der Waals surface area contributed by atoms with Gasteiger partial charge in [0.25, 0.3) is 0 Å². The van der Waals surface area contributed by atoms with Crippen molar-refractivity contribution in [3.8, 4) is 0 Å². The third-order valence-corrected chi connectivity index (χ3v) is 4.47. The molecule has 3 aromatic rings. The second-order valence-corrected chi connectivity index (χ2v) is 6.31. The van der Waals surface area contributed by atoms with Crippen LogP contribution in [0.2, 0.25) is 0 Å². The van der Waals surface area contributed by atoms with Crippen molar-refractivity contribution in [3.05, 3.63) is 72.0 Å². The van der Waals surface area contributed by atoms with Gasteiger partial charge in [0.05, 0.1) is 19.0 Å². The minimum atomic E-state index is -0.221. The van der Waals surface area contributed by atoms with E-state index >= 15 is 0 Å². The van der Waals surface area contributed by atoms with Gasteiger partial charge in [-0.3, -0.25) is 9.59 Å². The Bertz CT molecular complexity index is 869. The van der Waals surface area contributed by atoms with Crippen LogP contribution >= 0.6 is 0 Å². The minimum absolute atomic E-state index is 0.0350. The summed E-state index contributed by atoms with van der Waals surface area (Å²) in [5.74, 6) is 0.381. The number of furan rings is 1. The van der Waals surface area contributed by atoms with E-state index in [1.807, 2.05) is 67.6 Å².